The van der Waals surface area contributed by atoms with Gasteiger partial charge >= 0.3 is 30.2 Å². The highest BCUT2D eigenvalue weighted by Crippen LogP contribution is 2.44. The molecule has 678 valence electrons. The van der Waals surface area contributed by atoms with E-state index in [1.165, 1.54) is 59.8 Å². The summed E-state index contributed by atoms with van der Waals surface area (Å²) in [6.45, 7) is 1.77. The summed E-state index contributed by atoms with van der Waals surface area (Å²) in [5.74, 6) is -10.1. The molecule has 129 heavy (non-hydrogen) atoms. The fraction of sp³-hybridized carbons (Fsp3) is 0.391. The summed E-state index contributed by atoms with van der Waals surface area (Å²) in [5, 5.41) is 79.7. The first-order valence-electron chi connectivity index (χ1n) is 41.2. The molecule has 41 nitrogen and oxygen atoms in total. The van der Waals surface area contributed by atoms with E-state index in [2.05, 4.69) is 44.5 Å². The number of aliphatic hydroxyl groups excluding tert-OH is 3. The van der Waals surface area contributed by atoms with Gasteiger partial charge in [0, 0.05) is 84.7 Å². The van der Waals surface area contributed by atoms with Gasteiger partial charge < -0.3 is 104 Å². The second-order valence-corrected chi connectivity index (χ2v) is 32.4. The number of nitrogens with one attached hydrogen (secondary N) is 6. The number of hydrogen-bond acceptors (Lipinski definition) is 31. The maximum absolute atomic E-state index is 13.9. The van der Waals surface area contributed by atoms with Crippen LogP contribution in [0, 0.1) is 5.92 Å². The van der Waals surface area contributed by atoms with Crippen molar-refractivity contribution in [1.82, 2.24) is 55.1 Å². The molecule has 2 fully saturated rings. The Morgan fingerprint density at radius 1 is 0.628 bits per heavy atom. The largest absolute Gasteiger partial charge is 0.514 e. The molecule has 0 bridgehead atoms. The highest BCUT2D eigenvalue weighted by molar-refractivity contribution is 7.81. The lowest BCUT2D eigenvalue weighted by atomic mass is 9.80. The fourth-order valence-corrected chi connectivity index (χ4v) is 16.7. The van der Waals surface area contributed by atoms with E-state index in [9.17, 15) is 103 Å². The van der Waals surface area contributed by atoms with Crippen LogP contribution in [-0.4, -0.2) is 238 Å². The number of aryl methyl sites for hydroxylation is 2. The van der Waals surface area contributed by atoms with Crippen LogP contribution in [0.4, 0.5) is 21.0 Å². The molecular formula is C87H91N13O28S. The van der Waals surface area contributed by atoms with Crippen molar-refractivity contribution in [3.63, 3.8) is 0 Å². The average Bonchev–Trinajstić information content (AvgIpc) is 1.58. The quantitative estimate of drug-likeness (QED) is 0.00705. The lowest BCUT2D eigenvalue weighted by Crippen LogP contribution is -2.57. The Bertz CT molecular complexity index is 6080. The second-order valence-electron chi connectivity index (χ2n) is 31.8. The van der Waals surface area contributed by atoms with E-state index in [-0.39, 0.29) is 117 Å². The molecule has 1 aliphatic carbocycles. The molecule has 0 spiro atoms. The number of likely N-dealkylation sites (N-methyl/N-ethyl adjacent to an activating group) is 1. The zero-order valence-electron chi connectivity index (χ0n) is 70.2. The number of thiol groups is 1. The van der Waals surface area contributed by atoms with Gasteiger partial charge in [-0.25, -0.2) is 29.1 Å². The van der Waals surface area contributed by atoms with Crippen LogP contribution < -0.4 is 57.2 Å². The average molecular weight is 1800 g/mol. The molecule has 14 rings (SSSR count). The predicted octanol–water partition coefficient (Wildman–Crippen LogP) is 1.25. The monoisotopic (exact) mass is 1800 g/mol. The smallest absolute Gasteiger partial charge is 0.485 e. The van der Waals surface area contributed by atoms with Gasteiger partial charge in [-0.15, -0.1) is 0 Å². The molecule has 9 heterocycles. The van der Waals surface area contributed by atoms with Gasteiger partial charge in [0.05, 0.1) is 114 Å². The second kappa shape index (κ2) is 38.0. The number of ether oxygens (including phenoxy) is 7. The van der Waals surface area contributed by atoms with Crippen LogP contribution in [-0.2, 0) is 135 Å². The summed E-state index contributed by atoms with van der Waals surface area (Å²) in [5.41, 5.74) is 2.99. The van der Waals surface area contributed by atoms with Gasteiger partial charge in [0.1, 0.15) is 62.0 Å². The number of alkyl carbamates (subject to hydrolysis) is 1. The van der Waals surface area contributed by atoms with Crippen molar-refractivity contribution in [2.75, 3.05) is 76.8 Å². The first kappa shape index (κ1) is 91.4. The number of anilines is 2. The number of rotatable bonds is 32. The number of carbonyl (C=O) groups excluding carboxylic acids is 12. The molecule has 12 N–H and O–H groups in total. The van der Waals surface area contributed by atoms with Crippen LogP contribution in [0.2, 0.25) is 0 Å². The van der Waals surface area contributed by atoms with E-state index in [4.69, 9.17) is 43.1 Å². The van der Waals surface area contributed by atoms with Gasteiger partial charge in [-0.05, 0) is 121 Å². The summed E-state index contributed by atoms with van der Waals surface area (Å²) in [7, 11) is 1.27. The Kier molecular flexibility index (Phi) is 27.0. The number of esters is 2. The van der Waals surface area contributed by atoms with E-state index >= 15 is 0 Å². The molecule has 1 saturated carbocycles. The van der Waals surface area contributed by atoms with E-state index in [1.54, 1.807) is 66.1 Å². The van der Waals surface area contributed by atoms with Crippen molar-refractivity contribution in [3.05, 3.63) is 167 Å². The Balaban J connectivity index is 0.527. The Labute approximate surface area is 737 Å². The molecule has 6 aliphatic rings. The van der Waals surface area contributed by atoms with Crippen LogP contribution in [0.25, 0.3) is 44.6 Å². The lowest BCUT2D eigenvalue weighted by molar-refractivity contribution is -0.174. The number of cyclic esters (lactones) is 2. The number of aliphatic hydroxyl groups is 5. The zero-order chi connectivity index (χ0) is 92.4. The molecular weight excluding hydrogens is 1710 g/mol. The number of carboxylic acid groups (broad SMARTS) is 1. The normalized spacial score (nSPS) is 19.8. The molecule has 4 aromatic carbocycles. The number of benzene rings is 4. The maximum atomic E-state index is 13.9. The predicted molar refractivity (Wildman–Crippen MR) is 453 cm³/mol. The number of aromatic nitrogens is 4. The summed E-state index contributed by atoms with van der Waals surface area (Å²) >= 11 is 4.16. The molecule has 8 aromatic rings. The van der Waals surface area contributed by atoms with Gasteiger partial charge in [0.15, 0.2) is 17.9 Å². The van der Waals surface area contributed by atoms with E-state index in [0.29, 0.717) is 74.4 Å². The maximum Gasteiger partial charge on any atom is 0.514 e. The van der Waals surface area contributed by atoms with Crippen LogP contribution in [0.15, 0.2) is 101 Å². The van der Waals surface area contributed by atoms with Gasteiger partial charge in [0.25, 0.3) is 11.1 Å². The number of pyridine rings is 4. The molecule has 8 atom stereocenters. The summed E-state index contributed by atoms with van der Waals surface area (Å²) < 4.78 is 41.7. The van der Waals surface area contributed by atoms with E-state index < -0.39 is 188 Å². The lowest BCUT2D eigenvalue weighted by Gasteiger charge is -2.38. The van der Waals surface area contributed by atoms with Gasteiger partial charge in [0.2, 0.25) is 47.3 Å². The van der Waals surface area contributed by atoms with E-state index in [0.717, 1.165) is 32.1 Å². The molecule has 0 radical (unpaired) electrons. The highest BCUT2D eigenvalue weighted by atomic mass is 32.1. The third-order valence-corrected chi connectivity index (χ3v) is 23.8. The van der Waals surface area contributed by atoms with Crippen molar-refractivity contribution >= 4 is 123 Å². The Morgan fingerprint density at radius 3 is 1.84 bits per heavy atom. The van der Waals surface area contributed by atoms with Gasteiger partial charge in [-0.3, -0.25) is 67.9 Å². The number of carbonyl (C=O) groups is 13. The minimum absolute atomic E-state index is 0.0188. The molecule has 42 heteroatoms. The van der Waals surface area contributed by atoms with Gasteiger partial charge in [-0.1, -0.05) is 39.0 Å². The third-order valence-electron chi connectivity index (χ3n) is 23.4. The van der Waals surface area contributed by atoms with Crippen molar-refractivity contribution in [2.45, 2.75) is 147 Å². The van der Waals surface area contributed by atoms with Crippen molar-refractivity contribution in [3.8, 4) is 40.0 Å². The number of carboxylic acids is 1. The Morgan fingerprint density at radius 2 is 1.22 bits per heavy atom. The van der Waals surface area contributed by atoms with Crippen molar-refractivity contribution < 1.29 is 126 Å². The zero-order valence-corrected chi connectivity index (χ0v) is 71.1. The molecule has 1 unspecified atom stereocenters. The summed E-state index contributed by atoms with van der Waals surface area (Å²) in [6.07, 6.45) is -9.17. The minimum Gasteiger partial charge on any atom is -0.485 e. The highest BCUT2D eigenvalue weighted by Gasteiger charge is 2.49. The minimum atomic E-state index is -2.03. The molecule has 1 saturated heterocycles. The third kappa shape index (κ3) is 19.3. The Hall–Kier alpha value is -13.8. The molecule has 4 aromatic heterocycles. The summed E-state index contributed by atoms with van der Waals surface area (Å²) in [6, 6.07) is 23.3. The molecule has 5 aliphatic heterocycles. The SMILES string of the molecule is CCc1c2c(nc3ccc(OCNC(=O)OCc4ccc(O[C@@H]5C[C@H](C(=O)O)[C@@H](O)[C@H](O)[C@H]5O)c(NC(=O)CN(C)C(=O)CCNC(=O)CN(CCN5C(=O)CC(S)C5=O)CC(=O)NCC(=O)NCC(=O)Nc5ccc(COC(=O)Oc6ccc7nc8c(c(CC)c7c6)Cn6c-8cc7c(c6=O)COC(=O)[C@@]7(C)O)cc5)c4)cc13)-c1cc3c(c(=O)n1C2)COC(=O)[C@]3(O)CC. The first-order valence-corrected chi connectivity index (χ1v) is 41.7. The number of nitrogens with zero attached hydrogens (tertiary/aromatic N) is 7. The van der Waals surface area contributed by atoms with E-state index in [1.807, 2.05) is 13.8 Å². The number of hydrogen-bond donors (Lipinski definition) is 13. The fourth-order valence-electron chi connectivity index (χ4n) is 16.4. The van der Waals surface area contributed by atoms with Crippen LogP contribution >= 0.6 is 12.6 Å². The number of fused-ring (bicyclic) bond motifs is 10. The van der Waals surface area contributed by atoms with Gasteiger partial charge in [-0.2, -0.15) is 12.6 Å². The van der Waals surface area contributed by atoms with Crippen LogP contribution in [0.1, 0.15) is 109 Å². The summed E-state index contributed by atoms with van der Waals surface area (Å²) in [4.78, 5) is 209. The van der Waals surface area contributed by atoms with Crippen molar-refractivity contribution in [2.24, 2.45) is 5.92 Å². The standard InChI is InChI=1S/C87H91N13O28S/c1-6-47-49-24-45(14-16-58(49)94-74-52(47)33-100-62(74)28-57-55(79(100)112)40-123-83(117)87(57,121)8-3)126-41-91-84(118)124-38-43-11-18-63(128-64-26-51(81(114)115)75(108)77(110)76(64)109)60(23-43)93-70(105)34-96(5)71(106)19-20-88-68(103)35-97(21-22-98-72(107)29-65(129)80(98)113)36-69(104)90-30-66(101)89-31-67(102)92-44-12-9-42(10-13-44)37-125-85(119)127-46-15-17-59-50(25-46)48(7-2)53-32-99-61(73(53)95-59)27-56-54(78(99)111)39-122-82(116)86(56,4)120/h9-18,23-25,27-28,51,64-65,75-77,108-110,120-121,129H,6-8,19-22,26,29-41H2,1-5H3,(H,88,103)(H,89,101)(H,90,104)(H,91,118)(H,92,102)(H,93,105)(H,114,115)/t51-,64+,65?,75+,76-,77-,86-,87-/m0/s1. The van der Waals surface area contributed by atoms with Crippen LogP contribution in [0.5, 0.6) is 17.2 Å². The first-order chi connectivity index (χ1) is 61.5. The van der Waals surface area contributed by atoms with Crippen molar-refractivity contribution in [1.29, 1.82) is 0 Å². The number of aliphatic carboxylic acids is 1. The van der Waals surface area contributed by atoms with Crippen LogP contribution in [0.3, 0.4) is 0 Å². The topological polar surface area (TPSA) is 560 Å². The molecule has 9 amide bonds. The number of imide groups is 1. The number of amides is 9. The number of likely N-dealkylation sites (tertiary alicyclic amines) is 1.